The van der Waals surface area contributed by atoms with Gasteiger partial charge in [0.25, 0.3) is 0 Å². The van der Waals surface area contributed by atoms with Crippen LogP contribution in [0.25, 0.3) is 6.08 Å². The van der Waals surface area contributed by atoms with E-state index in [4.69, 9.17) is 38.5 Å². The first kappa shape index (κ1) is 25.6. The minimum atomic E-state index is -0.590. The third kappa shape index (κ3) is 8.08. The summed E-state index contributed by atoms with van der Waals surface area (Å²) in [7, 11) is 0. The Bertz CT molecular complexity index is 1250. The van der Waals surface area contributed by atoms with Crippen LogP contribution in [0.3, 0.4) is 0 Å². The Labute approximate surface area is 214 Å². The molecule has 176 valence electrons. The van der Waals surface area contributed by atoms with Crippen LogP contribution in [0.15, 0.2) is 78.4 Å². The number of nitrogens with one attached hydrogen (secondary N) is 1. The molecule has 0 saturated carbocycles. The van der Waals surface area contributed by atoms with Crippen LogP contribution >= 0.6 is 23.2 Å². The van der Waals surface area contributed by atoms with Gasteiger partial charge in [0.2, 0.25) is 0 Å². The number of nitrogens with zero attached hydrogens (tertiary/aromatic N) is 3. The Hall–Kier alpha value is -3.97. The van der Waals surface area contributed by atoms with Crippen molar-refractivity contribution in [1.82, 2.24) is 0 Å². The summed E-state index contributed by atoms with van der Waals surface area (Å²) in [6.45, 7) is 1.34. The molecular weight excluding hydrogens is 483 g/mol. The highest BCUT2D eigenvalue weighted by atomic mass is 35.5. The molecule has 0 atom stereocenters. The Balaban J connectivity index is 1.64. The average Bonchev–Trinajstić information content (AvgIpc) is 2.88. The number of hydrogen-bond acceptors (Lipinski definition) is 5. The second kappa shape index (κ2) is 13.1. The lowest BCUT2D eigenvalue weighted by Gasteiger charge is -2.25. The van der Waals surface area contributed by atoms with Crippen LogP contribution < -0.4 is 10.2 Å². The smallest absolute Gasteiger partial charge is 0.411 e. The predicted octanol–water partition coefficient (Wildman–Crippen LogP) is 6.72. The van der Waals surface area contributed by atoms with Crippen LogP contribution in [0, 0.1) is 22.7 Å². The third-order valence-electron chi connectivity index (χ3n) is 5.08. The van der Waals surface area contributed by atoms with Crippen molar-refractivity contribution in [2.24, 2.45) is 0 Å². The highest BCUT2D eigenvalue weighted by molar-refractivity contribution is 6.42. The van der Waals surface area contributed by atoms with Gasteiger partial charge in [0, 0.05) is 17.9 Å². The second-order valence-corrected chi connectivity index (χ2v) is 8.30. The van der Waals surface area contributed by atoms with Crippen molar-refractivity contribution >= 4 is 46.7 Å². The van der Waals surface area contributed by atoms with Gasteiger partial charge in [-0.1, -0.05) is 65.7 Å². The topological polar surface area (TPSA) is 89.2 Å². The van der Waals surface area contributed by atoms with E-state index in [9.17, 15) is 4.79 Å². The number of anilines is 2. The summed E-state index contributed by atoms with van der Waals surface area (Å²) in [6, 6.07) is 26.1. The van der Waals surface area contributed by atoms with Crippen LogP contribution in [-0.2, 0) is 11.2 Å². The molecule has 8 heteroatoms. The highest BCUT2D eigenvalue weighted by Crippen LogP contribution is 2.25. The lowest BCUT2D eigenvalue weighted by Crippen LogP contribution is -2.31. The Morgan fingerprint density at radius 1 is 0.943 bits per heavy atom. The van der Waals surface area contributed by atoms with E-state index in [-0.39, 0.29) is 12.2 Å². The van der Waals surface area contributed by atoms with Gasteiger partial charge in [-0.15, -0.1) is 0 Å². The largest absolute Gasteiger partial charge is 0.447 e. The van der Waals surface area contributed by atoms with E-state index in [1.165, 1.54) is 11.6 Å². The van der Waals surface area contributed by atoms with E-state index in [1.807, 2.05) is 54.6 Å². The Morgan fingerprint density at radius 2 is 1.66 bits per heavy atom. The fourth-order valence-electron chi connectivity index (χ4n) is 3.29. The highest BCUT2D eigenvalue weighted by Gasteiger charge is 2.10. The molecule has 35 heavy (non-hydrogen) atoms. The van der Waals surface area contributed by atoms with E-state index in [2.05, 4.69) is 22.3 Å². The predicted molar refractivity (Wildman–Crippen MR) is 139 cm³/mol. The molecule has 0 heterocycles. The maximum Gasteiger partial charge on any atom is 0.411 e. The number of rotatable bonds is 9. The van der Waals surface area contributed by atoms with Crippen LogP contribution in [0.2, 0.25) is 10.0 Å². The zero-order valence-electron chi connectivity index (χ0n) is 18.7. The molecule has 1 N–H and O–H groups in total. The molecular formula is C27H22Cl2N4O2. The van der Waals surface area contributed by atoms with Crippen molar-refractivity contribution in [3.05, 3.63) is 99.5 Å². The fraction of sp³-hybridized carbons (Fsp3) is 0.148. The quantitative estimate of drug-likeness (QED) is 0.326. The number of hydrogen-bond donors (Lipinski definition) is 1. The number of benzene rings is 3. The molecule has 0 aromatic heterocycles. The van der Waals surface area contributed by atoms with Crippen molar-refractivity contribution in [3.63, 3.8) is 0 Å². The molecule has 3 aromatic rings. The average molecular weight is 505 g/mol. The first-order valence-corrected chi connectivity index (χ1v) is 11.5. The van der Waals surface area contributed by atoms with Gasteiger partial charge in [-0.05, 0) is 54.0 Å². The molecule has 0 aliphatic rings. The van der Waals surface area contributed by atoms with Crippen molar-refractivity contribution < 1.29 is 9.53 Å². The number of allylic oxidation sites excluding steroid dienone is 1. The summed E-state index contributed by atoms with van der Waals surface area (Å²) >= 11 is 11.9. The summed E-state index contributed by atoms with van der Waals surface area (Å²) in [4.78, 5) is 14.3. The second-order valence-electron chi connectivity index (χ2n) is 7.49. The number of amides is 1. The summed E-state index contributed by atoms with van der Waals surface area (Å²) in [5.41, 5.74) is 3.42. The van der Waals surface area contributed by atoms with Crippen molar-refractivity contribution in [3.8, 4) is 12.1 Å². The van der Waals surface area contributed by atoms with Gasteiger partial charge in [-0.2, -0.15) is 10.5 Å². The molecule has 3 rings (SSSR count). The minimum absolute atomic E-state index is 0.0417. The Kier molecular flexibility index (Phi) is 9.57. The first-order chi connectivity index (χ1) is 17.0. The van der Waals surface area contributed by atoms with Crippen LogP contribution in [0.1, 0.15) is 11.1 Å². The van der Waals surface area contributed by atoms with Gasteiger partial charge >= 0.3 is 6.09 Å². The van der Waals surface area contributed by atoms with E-state index in [1.54, 1.807) is 18.2 Å². The SMILES string of the molecule is N#CC(C#N)=Cc1ccc(N(CCOC(=O)Nc2ccc(Cl)c(Cl)c2)CCc2ccccc2)cc1. The van der Waals surface area contributed by atoms with Crippen molar-refractivity contribution in [1.29, 1.82) is 10.5 Å². The lowest BCUT2D eigenvalue weighted by molar-refractivity contribution is 0.164. The number of ether oxygens (including phenoxy) is 1. The zero-order chi connectivity index (χ0) is 25.0. The van der Waals surface area contributed by atoms with E-state index < -0.39 is 6.09 Å². The number of carbonyl (C=O) groups excluding carboxylic acids is 1. The van der Waals surface area contributed by atoms with E-state index >= 15 is 0 Å². The standard InChI is InChI=1S/C27H22Cl2N4O2/c28-25-11-8-23(17-26(25)29)32-27(34)35-15-14-33(13-12-20-4-2-1-3-5-20)24-9-6-21(7-10-24)16-22(18-30)19-31/h1-11,16-17H,12-15H2,(H,32,34). The van der Waals surface area contributed by atoms with Crippen molar-refractivity contribution in [2.75, 3.05) is 29.9 Å². The molecule has 0 radical (unpaired) electrons. The van der Waals surface area contributed by atoms with Gasteiger partial charge in [-0.25, -0.2) is 4.79 Å². The molecule has 0 fully saturated rings. The summed E-state index contributed by atoms with van der Waals surface area (Å²) in [5.74, 6) is 0. The molecule has 0 aliphatic heterocycles. The van der Waals surface area contributed by atoms with Crippen LogP contribution in [0.4, 0.5) is 16.2 Å². The number of carbonyl (C=O) groups is 1. The van der Waals surface area contributed by atoms with E-state index in [0.717, 1.165) is 17.7 Å². The first-order valence-electron chi connectivity index (χ1n) is 10.8. The van der Waals surface area contributed by atoms with Gasteiger partial charge in [0.05, 0.1) is 16.6 Å². The summed E-state index contributed by atoms with van der Waals surface area (Å²) in [6.07, 6.45) is 1.76. The third-order valence-corrected chi connectivity index (χ3v) is 5.82. The molecule has 6 nitrogen and oxygen atoms in total. The van der Waals surface area contributed by atoms with Gasteiger partial charge < -0.3 is 9.64 Å². The Morgan fingerprint density at radius 3 is 2.31 bits per heavy atom. The number of nitriles is 2. The summed E-state index contributed by atoms with van der Waals surface area (Å²) < 4.78 is 5.38. The van der Waals surface area contributed by atoms with Crippen LogP contribution in [-0.4, -0.2) is 25.8 Å². The van der Waals surface area contributed by atoms with Crippen molar-refractivity contribution in [2.45, 2.75) is 6.42 Å². The maximum atomic E-state index is 12.2. The minimum Gasteiger partial charge on any atom is -0.447 e. The molecule has 3 aromatic carbocycles. The maximum absolute atomic E-state index is 12.2. The van der Waals surface area contributed by atoms with E-state index in [0.29, 0.717) is 28.8 Å². The molecule has 0 spiro atoms. The fourth-order valence-corrected chi connectivity index (χ4v) is 3.59. The van der Waals surface area contributed by atoms with Gasteiger partial charge in [0.1, 0.15) is 24.3 Å². The number of halogens is 2. The molecule has 0 aliphatic carbocycles. The van der Waals surface area contributed by atoms with Gasteiger partial charge in [-0.3, -0.25) is 5.32 Å². The molecule has 0 bridgehead atoms. The monoisotopic (exact) mass is 504 g/mol. The molecule has 0 unspecified atom stereocenters. The van der Waals surface area contributed by atoms with Crippen LogP contribution in [0.5, 0.6) is 0 Å². The normalized spacial score (nSPS) is 9.94. The zero-order valence-corrected chi connectivity index (χ0v) is 20.3. The molecule has 1 amide bonds. The van der Waals surface area contributed by atoms with Gasteiger partial charge in [0.15, 0.2) is 0 Å². The molecule has 0 saturated heterocycles. The lowest BCUT2D eigenvalue weighted by atomic mass is 10.1. The summed E-state index contributed by atoms with van der Waals surface area (Å²) in [5, 5.41) is 21.3.